The highest BCUT2D eigenvalue weighted by Gasteiger charge is 2.38. The minimum Gasteiger partial charge on any atom is -0.484 e. The Hall–Kier alpha value is -2.29. The van der Waals surface area contributed by atoms with Crippen LogP contribution in [0.25, 0.3) is 0 Å². The van der Waals surface area contributed by atoms with Gasteiger partial charge in [-0.1, -0.05) is 54.4 Å². The monoisotopic (exact) mass is 309 g/mol. The average Bonchev–Trinajstić information content (AvgIpc) is 2.54. The topological polar surface area (TPSA) is 38.3 Å². The Bertz CT molecular complexity index is 645. The lowest BCUT2D eigenvalue weighted by atomic mass is 9.64. The zero-order chi connectivity index (χ0) is 16.1. The summed E-state index contributed by atoms with van der Waals surface area (Å²) in [5.74, 6) is 0.667. The summed E-state index contributed by atoms with van der Waals surface area (Å²) in [6.45, 7) is 2.78. The number of benzene rings is 2. The minimum atomic E-state index is -0.0622. The van der Waals surface area contributed by atoms with Crippen LogP contribution in [0.3, 0.4) is 0 Å². The van der Waals surface area contributed by atoms with E-state index in [0.717, 1.165) is 18.6 Å². The quantitative estimate of drug-likeness (QED) is 0.885. The van der Waals surface area contributed by atoms with Gasteiger partial charge in [-0.25, -0.2) is 0 Å². The van der Waals surface area contributed by atoms with Crippen LogP contribution in [-0.2, 0) is 10.2 Å². The zero-order valence-corrected chi connectivity index (χ0v) is 13.5. The van der Waals surface area contributed by atoms with Crippen LogP contribution in [0.15, 0.2) is 54.6 Å². The molecule has 3 nitrogen and oxygen atoms in total. The Morgan fingerprint density at radius 3 is 2.39 bits per heavy atom. The van der Waals surface area contributed by atoms with Crippen molar-refractivity contribution in [1.29, 1.82) is 0 Å². The molecule has 1 amide bonds. The van der Waals surface area contributed by atoms with E-state index < -0.39 is 0 Å². The lowest BCUT2D eigenvalue weighted by molar-refractivity contribution is -0.123. The lowest BCUT2D eigenvalue weighted by Gasteiger charge is -2.42. The molecule has 1 aliphatic carbocycles. The third-order valence-electron chi connectivity index (χ3n) is 4.71. The van der Waals surface area contributed by atoms with E-state index >= 15 is 0 Å². The standard InChI is InChI=1S/C20H23NO2/c1-16-8-10-18(11-9-16)23-14-19(22)21-15-20(12-5-13-20)17-6-3-2-4-7-17/h2-4,6-11H,5,12-15H2,1H3,(H,21,22). The van der Waals surface area contributed by atoms with Gasteiger partial charge >= 0.3 is 0 Å². The molecule has 3 heteroatoms. The first-order valence-electron chi connectivity index (χ1n) is 8.20. The van der Waals surface area contributed by atoms with Gasteiger partial charge in [0.05, 0.1) is 0 Å². The van der Waals surface area contributed by atoms with Crippen LogP contribution in [0.2, 0.25) is 0 Å². The number of carbonyl (C=O) groups is 1. The molecule has 1 N–H and O–H groups in total. The van der Waals surface area contributed by atoms with Crippen molar-refractivity contribution < 1.29 is 9.53 Å². The van der Waals surface area contributed by atoms with Crippen molar-refractivity contribution in [3.63, 3.8) is 0 Å². The second kappa shape index (κ2) is 6.86. The fourth-order valence-corrected chi connectivity index (χ4v) is 3.06. The molecule has 2 aromatic rings. The molecule has 2 aromatic carbocycles. The third-order valence-corrected chi connectivity index (χ3v) is 4.71. The van der Waals surface area contributed by atoms with Crippen molar-refractivity contribution in [2.75, 3.05) is 13.2 Å². The Balaban J connectivity index is 1.51. The van der Waals surface area contributed by atoms with Gasteiger partial charge in [-0.05, 0) is 37.5 Å². The lowest BCUT2D eigenvalue weighted by Crippen LogP contribution is -2.46. The van der Waals surface area contributed by atoms with E-state index in [2.05, 4.69) is 29.6 Å². The van der Waals surface area contributed by atoms with Gasteiger partial charge in [-0.2, -0.15) is 0 Å². The van der Waals surface area contributed by atoms with Crippen LogP contribution in [0, 0.1) is 6.92 Å². The van der Waals surface area contributed by atoms with E-state index in [-0.39, 0.29) is 17.9 Å². The minimum absolute atomic E-state index is 0.0622. The molecule has 1 fully saturated rings. The van der Waals surface area contributed by atoms with Crippen molar-refractivity contribution in [3.8, 4) is 5.75 Å². The summed E-state index contributed by atoms with van der Waals surface area (Å²) in [5.41, 5.74) is 2.61. The Labute approximate surface area is 137 Å². The highest BCUT2D eigenvalue weighted by Crippen LogP contribution is 2.43. The number of amides is 1. The molecular formula is C20H23NO2. The van der Waals surface area contributed by atoms with Crippen molar-refractivity contribution in [2.24, 2.45) is 0 Å². The zero-order valence-electron chi connectivity index (χ0n) is 13.5. The van der Waals surface area contributed by atoms with E-state index in [1.807, 2.05) is 37.3 Å². The van der Waals surface area contributed by atoms with Gasteiger partial charge < -0.3 is 10.1 Å². The molecule has 23 heavy (non-hydrogen) atoms. The first-order chi connectivity index (χ1) is 11.2. The number of carbonyl (C=O) groups excluding carboxylic acids is 1. The van der Waals surface area contributed by atoms with Crippen molar-refractivity contribution in [2.45, 2.75) is 31.6 Å². The van der Waals surface area contributed by atoms with Crippen LogP contribution in [0.1, 0.15) is 30.4 Å². The fraction of sp³-hybridized carbons (Fsp3) is 0.350. The first-order valence-corrected chi connectivity index (χ1v) is 8.20. The molecule has 0 unspecified atom stereocenters. The number of ether oxygens (including phenoxy) is 1. The summed E-state index contributed by atoms with van der Waals surface area (Å²) in [7, 11) is 0. The van der Waals surface area contributed by atoms with Gasteiger partial charge in [0, 0.05) is 12.0 Å². The highest BCUT2D eigenvalue weighted by molar-refractivity contribution is 5.77. The predicted molar refractivity (Wildman–Crippen MR) is 91.7 cm³/mol. The summed E-state index contributed by atoms with van der Waals surface area (Å²) in [6, 6.07) is 18.2. The smallest absolute Gasteiger partial charge is 0.257 e. The van der Waals surface area contributed by atoms with Crippen LogP contribution < -0.4 is 10.1 Å². The van der Waals surface area contributed by atoms with Gasteiger partial charge in [0.1, 0.15) is 5.75 Å². The number of aryl methyl sites for hydroxylation is 1. The molecule has 0 aliphatic heterocycles. The van der Waals surface area contributed by atoms with Crippen LogP contribution in [0.5, 0.6) is 5.75 Å². The fourth-order valence-electron chi connectivity index (χ4n) is 3.06. The van der Waals surface area contributed by atoms with Crippen LogP contribution in [0.4, 0.5) is 0 Å². The number of hydrogen-bond donors (Lipinski definition) is 1. The molecule has 3 rings (SSSR count). The SMILES string of the molecule is Cc1ccc(OCC(=O)NCC2(c3ccccc3)CCC2)cc1. The van der Waals surface area contributed by atoms with Crippen molar-refractivity contribution >= 4 is 5.91 Å². The van der Waals surface area contributed by atoms with Crippen molar-refractivity contribution in [1.82, 2.24) is 5.32 Å². The van der Waals surface area contributed by atoms with Crippen molar-refractivity contribution in [3.05, 3.63) is 65.7 Å². The molecule has 1 saturated carbocycles. The second-order valence-electron chi connectivity index (χ2n) is 6.38. The van der Waals surface area contributed by atoms with E-state index in [4.69, 9.17) is 4.74 Å². The molecule has 120 valence electrons. The van der Waals surface area contributed by atoms with E-state index in [0.29, 0.717) is 6.54 Å². The maximum absolute atomic E-state index is 12.1. The second-order valence-corrected chi connectivity index (χ2v) is 6.38. The maximum atomic E-state index is 12.1. The molecule has 0 atom stereocenters. The molecule has 0 bridgehead atoms. The number of rotatable bonds is 6. The van der Waals surface area contributed by atoms with E-state index in [9.17, 15) is 4.79 Å². The molecule has 0 radical (unpaired) electrons. The summed E-state index contributed by atoms with van der Waals surface area (Å²) >= 11 is 0. The Morgan fingerprint density at radius 2 is 1.78 bits per heavy atom. The molecule has 0 spiro atoms. The van der Waals surface area contributed by atoms with Gasteiger partial charge in [-0.15, -0.1) is 0 Å². The van der Waals surface area contributed by atoms with E-state index in [1.54, 1.807) is 0 Å². The Morgan fingerprint density at radius 1 is 1.09 bits per heavy atom. The maximum Gasteiger partial charge on any atom is 0.257 e. The predicted octanol–water partition coefficient (Wildman–Crippen LogP) is 3.61. The highest BCUT2D eigenvalue weighted by atomic mass is 16.5. The molecule has 0 saturated heterocycles. The average molecular weight is 309 g/mol. The third kappa shape index (κ3) is 3.73. The molecule has 0 heterocycles. The van der Waals surface area contributed by atoms with Gasteiger partial charge in [0.15, 0.2) is 6.61 Å². The van der Waals surface area contributed by atoms with Crippen LogP contribution >= 0.6 is 0 Å². The summed E-state index contributed by atoms with van der Waals surface area (Å²) in [5, 5.41) is 3.04. The number of nitrogens with one attached hydrogen (secondary N) is 1. The summed E-state index contributed by atoms with van der Waals surface area (Å²) < 4.78 is 5.53. The molecular weight excluding hydrogens is 286 g/mol. The molecule has 1 aliphatic rings. The molecule has 0 aromatic heterocycles. The van der Waals surface area contributed by atoms with Crippen LogP contribution in [-0.4, -0.2) is 19.1 Å². The largest absolute Gasteiger partial charge is 0.484 e. The number of hydrogen-bond acceptors (Lipinski definition) is 2. The normalized spacial score (nSPS) is 15.5. The van der Waals surface area contributed by atoms with Gasteiger partial charge in [0.25, 0.3) is 5.91 Å². The van der Waals surface area contributed by atoms with E-state index in [1.165, 1.54) is 17.5 Å². The summed E-state index contributed by atoms with van der Waals surface area (Å²) in [6.07, 6.45) is 3.50. The Kier molecular flexibility index (Phi) is 4.65. The summed E-state index contributed by atoms with van der Waals surface area (Å²) in [4.78, 5) is 12.1. The van der Waals surface area contributed by atoms with Gasteiger partial charge in [0.2, 0.25) is 0 Å². The van der Waals surface area contributed by atoms with Gasteiger partial charge in [-0.3, -0.25) is 4.79 Å². The first kappa shape index (κ1) is 15.6.